The van der Waals surface area contributed by atoms with Gasteiger partial charge in [-0.15, -0.1) is 24.0 Å². The first kappa shape index (κ1) is 23.6. The summed E-state index contributed by atoms with van der Waals surface area (Å²) in [4.78, 5) is 8.67. The fourth-order valence-corrected chi connectivity index (χ4v) is 3.35. The lowest BCUT2D eigenvalue weighted by Gasteiger charge is -2.15. The van der Waals surface area contributed by atoms with E-state index >= 15 is 0 Å². The van der Waals surface area contributed by atoms with Gasteiger partial charge in [0.2, 0.25) is 5.88 Å². The largest absolute Gasteiger partial charge is 0.497 e. The van der Waals surface area contributed by atoms with Crippen molar-refractivity contribution in [2.75, 3.05) is 20.7 Å². The van der Waals surface area contributed by atoms with Crippen LogP contribution in [0.25, 0.3) is 0 Å². The highest BCUT2D eigenvalue weighted by molar-refractivity contribution is 14.0. The van der Waals surface area contributed by atoms with E-state index in [0.29, 0.717) is 24.7 Å². The van der Waals surface area contributed by atoms with Crippen LogP contribution in [0.3, 0.4) is 0 Å². The number of methoxy groups -OCH3 is 1. The highest BCUT2D eigenvalue weighted by Gasteiger charge is 2.22. The minimum absolute atomic E-state index is 0. The molecule has 0 saturated heterocycles. The van der Waals surface area contributed by atoms with E-state index in [9.17, 15) is 0 Å². The predicted octanol–water partition coefficient (Wildman–Crippen LogP) is 4.17. The number of ether oxygens (including phenoxy) is 3. The summed E-state index contributed by atoms with van der Waals surface area (Å²) in [5, 5.41) is 6.63. The third-order valence-electron chi connectivity index (χ3n) is 4.96. The number of para-hydroxylation sites is 1. The van der Waals surface area contributed by atoms with Gasteiger partial charge in [0.25, 0.3) is 0 Å². The quantitative estimate of drug-likeness (QED) is 0.263. The third-order valence-corrected chi connectivity index (χ3v) is 4.96. The molecule has 1 aliphatic rings. The van der Waals surface area contributed by atoms with Crippen molar-refractivity contribution < 1.29 is 14.2 Å². The summed E-state index contributed by atoms with van der Waals surface area (Å²) in [6, 6.07) is 19.4. The van der Waals surface area contributed by atoms with Crippen LogP contribution in [0.5, 0.6) is 23.1 Å². The van der Waals surface area contributed by atoms with Crippen molar-refractivity contribution in [2.45, 2.75) is 19.1 Å². The van der Waals surface area contributed by atoms with E-state index in [1.807, 2.05) is 54.6 Å². The molecule has 32 heavy (non-hydrogen) atoms. The lowest BCUT2D eigenvalue weighted by molar-refractivity contribution is 0.235. The van der Waals surface area contributed by atoms with Gasteiger partial charge in [0, 0.05) is 38.3 Å². The zero-order valence-electron chi connectivity index (χ0n) is 18.1. The van der Waals surface area contributed by atoms with Crippen molar-refractivity contribution in [3.8, 4) is 23.1 Å². The first-order valence-electron chi connectivity index (χ1n) is 10.2. The molecule has 8 heteroatoms. The maximum absolute atomic E-state index is 5.96. The van der Waals surface area contributed by atoms with E-state index in [4.69, 9.17) is 14.2 Å². The summed E-state index contributed by atoms with van der Waals surface area (Å²) >= 11 is 0. The highest BCUT2D eigenvalue weighted by Crippen LogP contribution is 2.27. The molecular weight excluding hydrogens is 519 g/mol. The third kappa shape index (κ3) is 6.25. The van der Waals surface area contributed by atoms with Gasteiger partial charge >= 0.3 is 0 Å². The first-order valence-corrected chi connectivity index (χ1v) is 10.2. The van der Waals surface area contributed by atoms with Crippen LogP contribution < -0.4 is 24.8 Å². The van der Waals surface area contributed by atoms with Crippen LogP contribution in [0.15, 0.2) is 71.9 Å². The van der Waals surface area contributed by atoms with Crippen LogP contribution >= 0.6 is 24.0 Å². The number of halogens is 1. The van der Waals surface area contributed by atoms with Crippen LogP contribution in [0.4, 0.5) is 0 Å². The number of benzene rings is 2. The number of aliphatic imine (C=N–C) groups is 1. The molecule has 7 nitrogen and oxygen atoms in total. The fraction of sp³-hybridized carbons (Fsp3) is 0.250. The van der Waals surface area contributed by atoms with E-state index in [1.54, 1.807) is 20.4 Å². The van der Waals surface area contributed by atoms with Crippen molar-refractivity contribution in [3.63, 3.8) is 0 Å². The Morgan fingerprint density at radius 1 is 1.09 bits per heavy atom. The molecule has 1 aromatic heterocycles. The van der Waals surface area contributed by atoms with Gasteiger partial charge in [-0.05, 0) is 29.3 Å². The second kappa shape index (κ2) is 11.6. The molecule has 1 atom stereocenters. The summed E-state index contributed by atoms with van der Waals surface area (Å²) in [6.07, 6.45) is 2.79. The van der Waals surface area contributed by atoms with Crippen molar-refractivity contribution in [1.29, 1.82) is 0 Å². The van der Waals surface area contributed by atoms with Gasteiger partial charge in [0.1, 0.15) is 23.4 Å². The second-order valence-electron chi connectivity index (χ2n) is 7.14. The first-order chi connectivity index (χ1) is 15.2. The van der Waals surface area contributed by atoms with Crippen molar-refractivity contribution >= 4 is 29.9 Å². The Morgan fingerprint density at radius 3 is 2.69 bits per heavy atom. The number of hydrogen-bond acceptors (Lipinski definition) is 5. The van der Waals surface area contributed by atoms with Crippen LogP contribution in [0.1, 0.15) is 11.1 Å². The average Bonchev–Trinajstić information content (AvgIpc) is 3.23. The molecule has 1 aliphatic heterocycles. The molecule has 2 aromatic carbocycles. The normalized spacial score (nSPS) is 14.6. The Bertz CT molecular complexity index is 1020. The number of aromatic nitrogens is 1. The summed E-state index contributed by atoms with van der Waals surface area (Å²) in [5.74, 6) is 3.64. The summed E-state index contributed by atoms with van der Waals surface area (Å²) in [6.45, 7) is 1.28. The zero-order valence-corrected chi connectivity index (χ0v) is 20.4. The maximum Gasteiger partial charge on any atom is 0.219 e. The Hall–Kier alpha value is -3.01. The summed E-state index contributed by atoms with van der Waals surface area (Å²) in [7, 11) is 3.38. The SMILES string of the molecule is CN=C(NCc1ccc(Oc2cccc(OC)c2)nc1)NCC1Cc2ccccc2O1.I. The minimum Gasteiger partial charge on any atom is -0.497 e. The molecule has 168 valence electrons. The summed E-state index contributed by atoms with van der Waals surface area (Å²) < 4.78 is 17.0. The standard InChI is InChI=1S/C24H26N4O3.HI/c1-25-24(28-16-21-12-18-6-3-4-9-22(18)30-21)27-15-17-10-11-23(26-14-17)31-20-8-5-7-19(13-20)29-2;/h3-11,13-14,21H,12,15-16H2,1-2H3,(H2,25,27,28);1H. The van der Waals surface area contributed by atoms with Crippen molar-refractivity contribution in [3.05, 3.63) is 78.0 Å². The number of guanidine groups is 1. The number of hydrogen-bond donors (Lipinski definition) is 2. The number of nitrogens with one attached hydrogen (secondary N) is 2. The molecule has 0 aliphatic carbocycles. The monoisotopic (exact) mass is 546 g/mol. The number of nitrogens with zero attached hydrogens (tertiary/aromatic N) is 2. The molecule has 0 amide bonds. The lowest BCUT2D eigenvalue weighted by atomic mass is 10.1. The molecule has 2 heterocycles. The molecule has 2 N–H and O–H groups in total. The summed E-state index contributed by atoms with van der Waals surface area (Å²) in [5.41, 5.74) is 2.27. The van der Waals surface area contributed by atoms with Gasteiger partial charge in [-0.2, -0.15) is 0 Å². The molecule has 0 spiro atoms. The van der Waals surface area contributed by atoms with Gasteiger partial charge < -0.3 is 24.8 Å². The van der Waals surface area contributed by atoms with E-state index in [-0.39, 0.29) is 30.1 Å². The Balaban J connectivity index is 0.00000289. The average molecular weight is 546 g/mol. The number of pyridine rings is 1. The maximum atomic E-state index is 5.96. The van der Waals surface area contributed by atoms with Crippen LogP contribution in [-0.4, -0.2) is 37.7 Å². The van der Waals surface area contributed by atoms with E-state index in [2.05, 4.69) is 26.7 Å². The van der Waals surface area contributed by atoms with Crippen molar-refractivity contribution in [2.24, 2.45) is 4.99 Å². The lowest BCUT2D eigenvalue weighted by Crippen LogP contribution is -2.41. The number of fused-ring (bicyclic) bond motifs is 1. The Morgan fingerprint density at radius 2 is 1.94 bits per heavy atom. The van der Waals surface area contributed by atoms with Crippen LogP contribution in [0.2, 0.25) is 0 Å². The molecule has 3 aromatic rings. The smallest absolute Gasteiger partial charge is 0.219 e. The van der Waals surface area contributed by atoms with Gasteiger partial charge in [-0.1, -0.05) is 30.3 Å². The van der Waals surface area contributed by atoms with Crippen LogP contribution in [0, 0.1) is 0 Å². The van der Waals surface area contributed by atoms with E-state index in [1.165, 1.54) is 5.56 Å². The minimum atomic E-state index is 0. The van der Waals surface area contributed by atoms with Crippen LogP contribution in [-0.2, 0) is 13.0 Å². The van der Waals surface area contributed by atoms with Gasteiger partial charge in [-0.25, -0.2) is 4.98 Å². The van der Waals surface area contributed by atoms with Gasteiger partial charge in [0.15, 0.2) is 5.96 Å². The molecule has 4 rings (SSSR count). The molecule has 0 bridgehead atoms. The van der Waals surface area contributed by atoms with E-state index in [0.717, 1.165) is 29.4 Å². The zero-order chi connectivity index (χ0) is 21.5. The Labute approximate surface area is 205 Å². The Kier molecular flexibility index (Phi) is 8.55. The van der Waals surface area contributed by atoms with Gasteiger partial charge in [-0.3, -0.25) is 4.99 Å². The molecular formula is C24H27IN4O3. The molecule has 0 saturated carbocycles. The molecule has 0 radical (unpaired) electrons. The predicted molar refractivity (Wildman–Crippen MR) is 135 cm³/mol. The highest BCUT2D eigenvalue weighted by atomic mass is 127. The molecule has 0 fully saturated rings. The molecule has 1 unspecified atom stereocenters. The topological polar surface area (TPSA) is 77.0 Å². The second-order valence-corrected chi connectivity index (χ2v) is 7.14. The fourth-order valence-electron chi connectivity index (χ4n) is 3.35. The van der Waals surface area contributed by atoms with Crippen molar-refractivity contribution in [1.82, 2.24) is 15.6 Å². The van der Waals surface area contributed by atoms with Gasteiger partial charge in [0.05, 0.1) is 13.7 Å². The number of rotatable bonds is 7. The van der Waals surface area contributed by atoms with E-state index < -0.39 is 0 Å².